The van der Waals surface area contributed by atoms with E-state index in [4.69, 9.17) is 0 Å². The maximum atomic E-state index is 3.34. The van der Waals surface area contributed by atoms with E-state index in [1.165, 1.54) is 45.8 Å². The van der Waals surface area contributed by atoms with Gasteiger partial charge in [-0.3, -0.25) is 6.08 Å². The average Bonchev–Trinajstić information content (AvgIpc) is 3.20. The molecule has 23 heavy (non-hydrogen) atoms. The Morgan fingerprint density at radius 2 is 1.35 bits per heavy atom. The molecule has 0 aromatic heterocycles. The van der Waals surface area contributed by atoms with Gasteiger partial charge in [0, 0.05) is 0 Å². The number of fused-ring (bicyclic) bond motifs is 3. The van der Waals surface area contributed by atoms with E-state index >= 15 is 0 Å². The molecule has 3 heteroatoms. The van der Waals surface area contributed by atoms with Crippen molar-refractivity contribution in [1.29, 1.82) is 0 Å². The van der Waals surface area contributed by atoms with E-state index in [2.05, 4.69) is 71.0 Å². The summed E-state index contributed by atoms with van der Waals surface area (Å²) in [4.78, 5) is 0. The molecule has 0 heterocycles. The molecule has 0 N–H and O–H groups in total. The summed E-state index contributed by atoms with van der Waals surface area (Å²) in [6.45, 7) is 0. The zero-order valence-corrected chi connectivity index (χ0v) is 17.2. The molecular formula is C20H21Cl2Zr-3. The summed E-state index contributed by atoms with van der Waals surface area (Å²) < 4.78 is 3.34. The molecule has 0 unspecified atom stereocenters. The molecule has 1 aliphatic rings. The Hall–Kier alpha value is -0.877. The van der Waals surface area contributed by atoms with E-state index < -0.39 is 0 Å². The molecule has 0 fully saturated rings. The number of hydrogen-bond donors (Lipinski definition) is 0. The summed E-state index contributed by atoms with van der Waals surface area (Å²) in [5, 5.41) is 5.39. The molecule has 3 aromatic rings. The fourth-order valence-electron chi connectivity index (χ4n) is 2.24. The number of hydrogen-bond acceptors (Lipinski definition) is 0. The third kappa shape index (κ3) is 6.63. The monoisotopic (exact) mass is 421 g/mol. The van der Waals surface area contributed by atoms with Gasteiger partial charge < -0.3 is 7.43 Å². The standard InChI is InChI=1S/C13H9.C5H5.CH3.CH2.2ClH.Zr/c1-3-7-12-10(5-1)9-11-6-2-4-8-13(11)12;1-2-4-5-3-1;;;;;/h1-9H;1-3H,4H2;1H3;1H2;2*1H;/q3*-1;;;;. The van der Waals surface area contributed by atoms with Crippen molar-refractivity contribution in [2.24, 2.45) is 0 Å². The van der Waals surface area contributed by atoms with Gasteiger partial charge in [-0.15, -0.1) is 71.0 Å². The second-order valence-electron chi connectivity index (χ2n) is 4.32. The van der Waals surface area contributed by atoms with Crippen LogP contribution in [0.5, 0.6) is 0 Å². The van der Waals surface area contributed by atoms with Gasteiger partial charge >= 0.3 is 28.4 Å². The fraction of sp³-hybridized carbons (Fsp3) is 0.0500. The van der Waals surface area contributed by atoms with E-state index in [0.29, 0.717) is 0 Å². The molecule has 0 saturated carbocycles. The van der Waals surface area contributed by atoms with Crippen LogP contribution in [0.25, 0.3) is 21.5 Å². The van der Waals surface area contributed by atoms with E-state index in [-0.39, 0.29) is 32.2 Å². The minimum Gasteiger partial charge on any atom is -0.358 e. The maximum Gasteiger partial charge on any atom is -0.0771 e. The Morgan fingerprint density at radius 3 is 1.70 bits per heavy atom. The van der Waals surface area contributed by atoms with Crippen molar-refractivity contribution < 1.29 is 24.2 Å². The van der Waals surface area contributed by atoms with Crippen molar-refractivity contribution in [3.8, 4) is 0 Å². The van der Waals surface area contributed by atoms with Crippen LogP contribution in [0.2, 0.25) is 0 Å². The van der Waals surface area contributed by atoms with Gasteiger partial charge in [0.1, 0.15) is 0 Å². The third-order valence-corrected chi connectivity index (χ3v) is 3.11. The zero-order chi connectivity index (χ0) is 14.2. The molecule has 0 radical (unpaired) electrons. The van der Waals surface area contributed by atoms with Crippen molar-refractivity contribution >= 4 is 50.6 Å². The predicted octanol–water partition coefficient (Wildman–Crippen LogP) is 6.28. The van der Waals surface area contributed by atoms with Crippen LogP contribution in [-0.4, -0.2) is 4.21 Å². The normalized spacial score (nSPS) is 10.2. The van der Waals surface area contributed by atoms with Crippen LogP contribution < -0.4 is 0 Å². The third-order valence-electron chi connectivity index (χ3n) is 3.11. The first-order valence-electron chi connectivity index (χ1n) is 6.55. The van der Waals surface area contributed by atoms with Gasteiger partial charge in [0.15, 0.2) is 0 Å². The van der Waals surface area contributed by atoms with E-state index in [1.807, 2.05) is 12.2 Å². The fourth-order valence-corrected chi connectivity index (χ4v) is 2.24. The van der Waals surface area contributed by atoms with E-state index in [9.17, 15) is 0 Å². The Bertz CT molecular complexity index is 681. The van der Waals surface area contributed by atoms with Gasteiger partial charge in [0.05, 0.1) is 0 Å². The molecule has 122 valence electrons. The number of benzene rings is 2. The van der Waals surface area contributed by atoms with Gasteiger partial charge in [-0.05, 0) is 0 Å². The Balaban J connectivity index is 0. The smallest absolute Gasteiger partial charge is 0.0771 e. The van der Waals surface area contributed by atoms with Crippen LogP contribution in [0.3, 0.4) is 0 Å². The first-order chi connectivity index (χ1) is 9.95. The molecule has 0 saturated heterocycles. The number of allylic oxidation sites excluding steroid dienone is 4. The second kappa shape index (κ2) is 13.6. The molecule has 0 amide bonds. The topological polar surface area (TPSA) is 0 Å². The van der Waals surface area contributed by atoms with Crippen LogP contribution in [0, 0.1) is 13.5 Å². The predicted molar refractivity (Wildman–Crippen MR) is 107 cm³/mol. The molecule has 0 nitrogen and oxygen atoms in total. The van der Waals surface area contributed by atoms with Gasteiger partial charge in [0.25, 0.3) is 0 Å². The zero-order valence-electron chi connectivity index (χ0n) is 13.2. The van der Waals surface area contributed by atoms with E-state index in [0.717, 1.165) is 6.42 Å². The molecule has 4 rings (SSSR count). The maximum absolute atomic E-state index is 3.34. The summed E-state index contributed by atoms with van der Waals surface area (Å²) in [7, 11) is 0. The average molecular weight is 424 g/mol. The summed E-state index contributed by atoms with van der Waals surface area (Å²) in [6, 6.07) is 19.3. The van der Waals surface area contributed by atoms with Gasteiger partial charge in [-0.1, -0.05) is 36.4 Å². The van der Waals surface area contributed by atoms with Crippen molar-refractivity contribution in [3.05, 3.63) is 86.3 Å². The SMILES string of the molecule is Cl.Cl.[C-]1=CC=CC1.[CH2]=[Zr].[CH3-].c1ccc2c(c1)[cH-]c1ccccc12. The molecule has 0 spiro atoms. The summed E-state index contributed by atoms with van der Waals surface area (Å²) in [5.41, 5.74) is 0. The molecule has 0 atom stereocenters. The summed E-state index contributed by atoms with van der Waals surface area (Å²) in [6.07, 6.45) is 10.0. The Morgan fingerprint density at radius 1 is 0.870 bits per heavy atom. The first-order valence-corrected chi connectivity index (χ1v) is 8.29. The minimum absolute atomic E-state index is 0. The van der Waals surface area contributed by atoms with Crippen LogP contribution in [0.15, 0.2) is 72.8 Å². The Labute approximate surface area is 166 Å². The largest absolute Gasteiger partial charge is 0.358 e. The summed E-state index contributed by atoms with van der Waals surface area (Å²) >= 11 is 1.30. The first kappa shape index (κ1) is 24.4. The minimum atomic E-state index is 0. The molecular weight excluding hydrogens is 402 g/mol. The van der Waals surface area contributed by atoms with E-state index in [1.54, 1.807) is 0 Å². The number of halogens is 2. The molecule has 0 bridgehead atoms. The van der Waals surface area contributed by atoms with Crippen molar-refractivity contribution in [1.82, 2.24) is 0 Å². The van der Waals surface area contributed by atoms with Gasteiger partial charge in [-0.2, -0.15) is 6.08 Å². The molecule has 1 aliphatic carbocycles. The van der Waals surface area contributed by atoms with Crippen LogP contribution >= 0.6 is 24.8 Å². The quantitative estimate of drug-likeness (QED) is 0.374. The van der Waals surface area contributed by atoms with Gasteiger partial charge in [0.2, 0.25) is 0 Å². The van der Waals surface area contributed by atoms with Crippen molar-refractivity contribution in [3.63, 3.8) is 0 Å². The molecule has 0 aliphatic heterocycles. The molecule has 3 aromatic carbocycles. The van der Waals surface area contributed by atoms with Gasteiger partial charge in [-0.25, -0.2) is 12.2 Å². The van der Waals surface area contributed by atoms with Crippen LogP contribution in [0.4, 0.5) is 0 Å². The summed E-state index contributed by atoms with van der Waals surface area (Å²) in [5.74, 6) is 0. The van der Waals surface area contributed by atoms with Crippen molar-refractivity contribution in [2.75, 3.05) is 0 Å². The van der Waals surface area contributed by atoms with Crippen LogP contribution in [-0.2, 0) is 24.2 Å². The van der Waals surface area contributed by atoms with Crippen LogP contribution in [0.1, 0.15) is 6.42 Å². The Kier molecular flexibility index (Phi) is 14.4. The number of rotatable bonds is 0. The van der Waals surface area contributed by atoms with Crippen molar-refractivity contribution in [2.45, 2.75) is 6.42 Å². The second-order valence-corrected chi connectivity index (χ2v) is 4.32.